The summed E-state index contributed by atoms with van der Waals surface area (Å²) >= 11 is 1.62. The molecule has 6 nitrogen and oxygen atoms in total. The van der Waals surface area contributed by atoms with Crippen molar-refractivity contribution in [1.82, 2.24) is 20.1 Å². The lowest BCUT2D eigenvalue weighted by molar-refractivity contribution is -0.122. The van der Waals surface area contributed by atoms with Crippen LogP contribution in [0.5, 0.6) is 0 Å². The third-order valence-electron chi connectivity index (χ3n) is 5.60. The Labute approximate surface area is 186 Å². The molecule has 4 rings (SSSR count). The van der Waals surface area contributed by atoms with Crippen LogP contribution in [-0.2, 0) is 4.79 Å². The minimum atomic E-state index is 0.0310. The summed E-state index contributed by atoms with van der Waals surface area (Å²) in [6, 6.07) is 13.8. The van der Waals surface area contributed by atoms with Crippen LogP contribution in [0, 0.1) is 0 Å². The number of fused-ring (bicyclic) bond motifs is 1. The van der Waals surface area contributed by atoms with Crippen molar-refractivity contribution in [2.24, 2.45) is 0 Å². The fourth-order valence-electron chi connectivity index (χ4n) is 3.85. The van der Waals surface area contributed by atoms with E-state index in [0.29, 0.717) is 38.3 Å². The van der Waals surface area contributed by atoms with Crippen molar-refractivity contribution in [1.29, 1.82) is 0 Å². The quantitative estimate of drug-likeness (QED) is 0.575. The molecule has 0 saturated carbocycles. The molecule has 0 radical (unpaired) electrons. The van der Waals surface area contributed by atoms with E-state index in [0.717, 1.165) is 40.9 Å². The number of aromatic nitrogens is 1. The van der Waals surface area contributed by atoms with Crippen LogP contribution < -0.4 is 5.32 Å². The Hall–Kier alpha value is -2.77. The van der Waals surface area contributed by atoms with Crippen molar-refractivity contribution >= 4 is 34.1 Å². The number of carbonyl (C=O) groups is 2. The lowest BCUT2D eigenvalue weighted by Crippen LogP contribution is -2.51. The van der Waals surface area contributed by atoms with Crippen LogP contribution in [0.15, 0.2) is 47.8 Å². The molecule has 0 bridgehead atoms. The van der Waals surface area contributed by atoms with Gasteiger partial charge in [0.1, 0.15) is 0 Å². The zero-order valence-corrected chi connectivity index (χ0v) is 18.7. The van der Waals surface area contributed by atoms with Crippen LogP contribution >= 0.6 is 11.3 Å². The van der Waals surface area contributed by atoms with Gasteiger partial charge in [-0.3, -0.25) is 14.5 Å². The van der Waals surface area contributed by atoms with E-state index in [9.17, 15) is 9.59 Å². The van der Waals surface area contributed by atoms with Crippen LogP contribution in [0.2, 0.25) is 0 Å². The molecule has 2 amide bonds. The number of para-hydroxylation sites is 1. The topological polar surface area (TPSA) is 65.5 Å². The summed E-state index contributed by atoms with van der Waals surface area (Å²) in [4.78, 5) is 35.4. The number of thiophene rings is 1. The summed E-state index contributed by atoms with van der Waals surface area (Å²) in [5.41, 5.74) is 2.36. The monoisotopic (exact) mass is 436 g/mol. The second-order valence-electron chi connectivity index (χ2n) is 7.82. The normalized spacial score (nSPS) is 14.7. The van der Waals surface area contributed by atoms with Crippen molar-refractivity contribution in [2.45, 2.75) is 19.8 Å². The van der Waals surface area contributed by atoms with E-state index in [4.69, 9.17) is 4.98 Å². The van der Waals surface area contributed by atoms with Gasteiger partial charge in [0.25, 0.3) is 5.91 Å². The Kier molecular flexibility index (Phi) is 6.94. The maximum Gasteiger partial charge on any atom is 0.254 e. The van der Waals surface area contributed by atoms with Gasteiger partial charge in [0, 0.05) is 38.1 Å². The van der Waals surface area contributed by atoms with E-state index < -0.39 is 0 Å². The number of rotatable bonds is 7. The molecule has 1 aliphatic heterocycles. The van der Waals surface area contributed by atoms with Gasteiger partial charge in [-0.05, 0) is 30.0 Å². The van der Waals surface area contributed by atoms with E-state index in [2.05, 4.69) is 17.1 Å². The van der Waals surface area contributed by atoms with E-state index in [1.165, 1.54) is 0 Å². The van der Waals surface area contributed by atoms with Gasteiger partial charge in [-0.25, -0.2) is 4.98 Å². The van der Waals surface area contributed by atoms with Gasteiger partial charge in [0.05, 0.1) is 28.2 Å². The number of nitrogens with one attached hydrogen (secondary N) is 1. The average molecular weight is 437 g/mol. The van der Waals surface area contributed by atoms with Crippen molar-refractivity contribution in [3.63, 3.8) is 0 Å². The van der Waals surface area contributed by atoms with Gasteiger partial charge in [-0.15, -0.1) is 11.3 Å². The van der Waals surface area contributed by atoms with Gasteiger partial charge in [0.15, 0.2) is 0 Å². The second kappa shape index (κ2) is 10.0. The number of pyridine rings is 1. The Balaban J connectivity index is 1.46. The van der Waals surface area contributed by atoms with Gasteiger partial charge < -0.3 is 10.2 Å². The Bertz CT molecular complexity index is 1040. The van der Waals surface area contributed by atoms with Crippen LogP contribution in [0.1, 0.15) is 30.1 Å². The molecule has 2 aromatic heterocycles. The third-order valence-corrected chi connectivity index (χ3v) is 6.49. The molecule has 1 aliphatic rings. The first-order valence-corrected chi connectivity index (χ1v) is 11.8. The highest BCUT2D eigenvalue weighted by Gasteiger charge is 2.25. The maximum absolute atomic E-state index is 13.4. The molecule has 1 N–H and O–H groups in total. The number of hydrogen-bond donors (Lipinski definition) is 1. The zero-order chi connectivity index (χ0) is 21.6. The number of nitrogens with zero attached hydrogens (tertiary/aromatic N) is 3. The molecule has 0 spiro atoms. The summed E-state index contributed by atoms with van der Waals surface area (Å²) in [6.07, 6.45) is 2.07. The number of benzene rings is 1. The minimum Gasteiger partial charge on any atom is -0.355 e. The van der Waals surface area contributed by atoms with Crippen LogP contribution in [0.3, 0.4) is 0 Å². The van der Waals surface area contributed by atoms with Crippen molar-refractivity contribution in [3.8, 4) is 10.6 Å². The molecular weight excluding hydrogens is 408 g/mol. The Morgan fingerprint density at radius 1 is 1.10 bits per heavy atom. The first-order chi connectivity index (χ1) is 15.2. The molecule has 0 aliphatic carbocycles. The van der Waals surface area contributed by atoms with Gasteiger partial charge >= 0.3 is 0 Å². The number of amides is 2. The third kappa shape index (κ3) is 5.11. The zero-order valence-electron chi connectivity index (χ0n) is 17.8. The number of piperazine rings is 1. The fraction of sp³-hybridized carbons (Fsp3) is 0.375. The Morgan fingerprint density at radius 3 is 2.65 bits per heavy atom. The van der Waals surface area contributed by atoms with Crippen LogP contribution in [0.4, 0.5) is 0 Å². The largest absolute Gasteiger partial charge is 0.355 e. The second-order valence-corrected chi connectivity index (χ2v) is 8.77. The first-order valence-electron chi connectivity index (χ1n) is 10.9. The highest BCUT2D eigenvalue weighted by Crippen LogP contribution is 2.28. The molecular formula is C24H28N4O2S. The lowest BCUT2D eigenvalue weighted by Gasteiger charge is -2.34. The van der Waals surface area contributed by atoms with Crippen LogP contribution in [-0.4, -0.2) is 65.9 Å². The van der Waals surface area contributed by atoms with Crippen molar-refractivity contribution < 1.29 is 9.59 Å². The molecule has 1 fully saturated rings. The molecule has 0 unspecified atom stereocenters. The smallest absolute Gasteiger partial charge is 0.254 e. The molecule has 0 atom stereocenters. The molecule has 7 heteroatoms. The van der Waals surface area contributed by atoms with Crippen molar-refractivity contribution in [3.05, 3.63) is 53.4 Å². The minimum absolute atomic E-state index is 0.0310. The molecule has 3 aromatic rings. The molecule has 31 heavy (non-hydrogen) atoms. The molecule has 162 valence electrons. The summed E-state index contributed by atoms with van der Waals surface area (Å²) in [6.45, 7) is 5.87. The molecule has 3 heterocycles. The summed E-state index contributed by atoms with van der Waals surface area (Å²) in [7, 11) is 0. The van der Waals surface area contributed by atoms with E-state index in [1.54, 1.807) is 11.3 Å². The van der Waals surface area contributed by atoms with Crippen LogP contribution in [0.25, 0.3) is 21.5 Å². The summed E-state index contributed by atoms with van der Waals surface area (Å²) in [5.74, 6) is 0.0948. The maximum atomic E-state index is 13.4. The highest BCUT2D eigenvalue weighted by atomic mass is 32.1. The summed E-state index contributed by atoms with van der Waals surface area (Å²) < 4.78 is 0. The fourth-order valence-corrected chi connectivity index (χ4v) is 4.53. The molecule has 1 aromatic carbocycles. The molecule has 1 saturated heterocycles. The number of unbranched alkanes of at least 4 members (excludes halogenated alkanes) is 1. The predicted octanol–water partition coefficient (Wildman–Crippen LogP) is 3.64. The number of hydrogen-bond acceptors (Lipinski definition) is 5. The first kappa shape index (κ1) is 21.5. The van der Waals surface area contributed by atoms with E-state index in [1.807, 2.05) is 52.7 Å². The lowest BCUT2D eigenvalue weighted by atomic mass is 10.1. The number of carbonyl (C=O) groups excluding carboxylic acids is 2. The average Bonchev–Trinajstić information content (AvgIpc) is 3.34. The predicted molar refractivity (Wildman–Crippen MR) is 125 cm³/mol. The highest BCUT2D eigenvalue weighted by molar-refractivity contribution is 7.13. The summed E-state index contributed by atoms with van der Waals surface area (Å²) in [5, 5.41) is 5.86. The van der Waals surface area contributed by atoms with E-state index in [-0.39, 0.29) is 11.8 Å². The van der Waals surface area contributed by atoms with Gasteiger partial charge in [-0.2, -0.15) is 0 Å². The van der Waals surface area contributed by atoms with Gasteiger partial charge in [-0.1, -0.05) is 37.6 Å². The van der Waals surface area contributed by atoms with Gasteiger partial charge in [0.2, 0.25) is 5.91 Å². The standard InChI is InChI=1S/C24H28N4O2S/c1-2-3-10-25-23(29)17-27-11-13-28(14-12-27)24(30)19-16-21(22-9-6-15-31-22)26-20-8-5-4-7-18(19)20/h4-9,15-16H,2-3,10-14,17H2,1H3,(H,25,29). The van der Waals surface area contributed by atoms with E-state index >= 15 is 0 Å². The van der Waals surface area contributed by atoms with Crippen molar-refractivity contribution in [2.75, 3.05) is 39.3 Å². The Morgan fingerprint density at radius 2 is 1.90 bits per heavy atom. The SMILES string of the molecule is CCCCNC(=O)CN1CCN(C(=O)c2cc(-c3cccs3)nc3ccccc23)CC1.